The first kappa shape index (κ1) is 12.9. The molecule has 0 atom stereocenters. The molecule has 5 heteroatoms. The second kappa shape index (κ2) is 5.79. The van der Waals surface area contributed by atoms with Gasteiger partial charge in [-0.1, -0.05) is 19.9 Å². The molecule has 0 aliphatic carbocycles. The van der Waals surface area contributed by atoms with Gasteiger partial charge in [0, 0.05) is 18.3 Å². The highest BCUT2D eigenvalue weighted by atomic mass is 16.6. The molecular weight excluding hydrogens is 218 g/mol. The summed E-state index contributed by atoms with van der Waals surface area (Å²) in [6.07, 6.45) is 1.77. The minimum Gasteiger partial charge on any atom is -0.258 e. The first-order valence-electron chi connectivity index (χ1n) is 5.44. The molecule has 0 saturated heterocycles. The first-order chi connectivity index (χ1) is 8.16. The number of hydrogen-bond donors (Lipinski definition) is 0. The molecule has 1 aromatic heterocycles. The van der Waals surface area contributed by atoms with Crippen molar-refractivity contribution < 1.29 is 4.92 Å². The fourth-order valence-electron chi connectivity index (χ4n) is 1.31. The van der Waals surface area contributed by atoms with Crippen molar-refractivity contribution in [2.45, 2.75) is 20.8 Å². The van der Waals surface area contributed by atoms with E-state index in [-0.39, 0.29) is 5.69 Å². The van der Waals surface area contributed by atoms with E-state index in [2.05, 4.69) is 5.10 Å². The standard InChI is InChI=1S/C10H9N3O2.C2H6/c1-8-5-6-12(11-8)9-3-2-4-10(7-9)13(14)15;1-2/h2-7H,1H3;1-2H3. The average molecular weight is 233 g/mol. The lowest BCUT2D eigenvalue weighted by Gasteiger charge is -2.00. The Labute approximate surface area is 99.8 Å². The zero-order chi connectivity index (χ0) is 12.8. The Balaban J connectivity index is 0.000000686. The van der Waals surface area contributed by atoms with Crippen LogP contribution in [-0.2, 0) is 0 Å². The Morgan fingerprint density at radius 3 is 2.53 bits per heavy atom. The van der Waals surface area contributed by atoms with Crippen molar-refractivity contribution >= 4 is 5.69 Å². The van der Waals surface area contributed by atoms with Gasteiger partial charge < -0.3 is 0 Å². The molecule has 0 spiro atoms. The molecule has 0 saturated carbocycles. The molecule has 0 amide bonds. The minimum absolute atomic E-state index is 0.0700. The van der Waals surface area contributed by atoms with Gasteiger partial charge in [0.1, 0.15) is 0 Å². The molecule has 0 aliphatic rings. The lowest BCUT2D eigenvalue weighted by atomic mass is 10.3. The van der Waals surface area contributed by atoms with Gasteiger partial charge >= 0.3 is 0 Å². The summed E-state index contributed by atoms with van der Waals surface area (Å²) in [6.45, 7) is 5.87. The maximum atomic E-state index is 10.6. The van der Waals surface area contributed by atoms with Crippen LogP contribution in [-0.4, -0.2) is 14.7 Å². The summed E-state index contributed by atoms with van der Waals surface area (Å²) in [7, 11) is 0. The van der Waals surface area contributed by atoms with Crippen LogP contribution in [0.25, 0.3) is 5.69 Å². The second-order valence-electron chi connectivity index (χ2n) is 3.18. The summed E-state index contributed by atoms with van der Waals surface area (Å²) in [5.41, 5.74) is 1.64. The summed E-state index contributed by atoms with van der Waals surface area (Å²) in [4.78, 5) is 10.1. The normalized spacial score (nSPS) is 9.35. The number of hydrogen-bond acceptors (Lipinski definition) is 3. The molecular formula is C12H15N3O2. The third kappa shape index (κ3) is 3.14. The number of benzene rings is 1. The van der Waals surface area contributed by atoms with Crippen LogP contribution in [0.5, 0.6) is 0 Å². The number of nitro benzene ring substituents is 1. The van der Waals surface area contributed by atoms with Crippen LogP contribution in [0.2, 0.25) is 0 Å². The molecule has 2 aromatic rings. The van der Waals surface area contributed by atoms with E-state index in [4.69, 9.17) is 0 Å². The number of aryl methyl sites for hydroxylation is 1. The van der Waals surface area contributed by atoms with Gasteiger partial charge in [0.05, 0.1) is 16.3 Å². The van der Waals surface area contributed by atoms with Gasteiger partial charge in [-0.25, -0.2) is 4.68 Å². The summed E-state index contributed by atoms with van der Waals surface area (Å²) in [5, 5.41) is 14.7. The van der Waals surface area contributed by atoms with Gasteiger partial charge in [-0.15, -0.1) is 0 Å². The second-order valence-corrected chi connectivity index (χ2v) is 3.18. The van der Waals surface area contributed by atoms with Crippen LogP contribution in [0, 0.1) is 17.0 Å². The van der Waals surface area contributed by atoms with E-state index >= 15 is 0 Å². The largest absolute Gasteiger partial charge is 0.271 e. The maximum Gasteiger partial charge on any atom is 0.271 e. The lowest BCUT2D eigenvalue weighted by Crippen LogP contribution is -1.96. The molecule has 0 bridgehead atoms. The molecule has 0 N–H and O–H groups in total. The van der Waals surface area contributed by atoms with E-state index < -0.39 is 4.92 Å². The zero-order valence-electron chi connectivity index (χ0n) is 10.1. The Morgan fingerprint density at radius 2 is 2.00 bits per heavy atom. The van der Waals surface area contributed by atoms with Crippen molar-refractivity contribution in [1.82, 2.24) is 9.78 Å². The predicted octanol–water partition coefficient (Wildman–Crippen LogP) is 3.12. The molecule has 17 heavy (non-hydrogen) atoms. The van der Waals surface area contributed by atoms with Crippen LogP contribution < -0.4 is 0 Å². The Hall–Kier alpha value is -2.17. The summed E-state index contributed by atoms with van der Waals surface area (Å²) in [5.74, 6) is 0. The lowest BCUT2D eigenvalue weighted by molar-refractivity contribution is -0.384. The van der Waals surface area contributed by atoms with Gasteiger partial charge in [0.2, 0.25) is 0 Å². The topological polar surface area (TPSA) is 61.0 Å². The number of rotatable bonds is 2. The molecule has 2 rings (SSSR count). The van der Waals surface area contributed by atoms with Gasteiger partial charge in [0.25, 0.3) is 5.69 Å². The van der Waals surface area contributed by atoms with Crippen molar-refractivity contribution in [2.75, 3.05) is 0 Å². The van der Waals surface area contributed by atoms with Crippen LogP contribution in [0.4, 0.5) is 5.69 Å². The van der Waals surface area contributed by atoms with Crippen LogP contribution in [0.3, 0.4) is 0 Å². The summed E-state index contributed by atoms with van der Waals surface area (Å²) in [6, 6.07) is 8.22. The molecule has 0 radical (unpaired) electrons. The highest BCUT2D eigenvalue weighted by Gasteiger charge is 2.06. The van der Waals surface area contributed by atoms with Crippen molar-refractivity contribution in [1.29, 1.82) is 0 Å². The molecule has 5 nitrogen and oxygen atoms in total. The molecule has 1 heterocycles. The van der Waals surface area contributed by atoms with E-state index in [9.17, 15) is 10.1 Å². The molecule has 0 unspecified atom stereocenters. The van der Waals surface area contributed by atoms with E-state index in [1.165, 1.54) is 12.1 Å². The minimum atomic E-state index is -0.417. The molecule has 1 aromatic carbocycles. The fourth-order valence-corrected chi connectivity index (χ4v) is 1.31. The van der Waals surface area contributed by atoms with Crippen LogP contribution in [0.15, 0.2) is 36.5 Å². The van der Waals surface area contributed by atoms with Crippen molar-refractivity contribution in [3.63, 3.8) is 0 Å². The van der Waals surface area contributed by atoms with Gasteiger partial charge in [0.15, 0.2) is 0 Å². The third-order valence-corrected chi connectivity index (χ3v) is 2.03. The van der Waals surface area contributed by atoms with E-state index in [1.54, 1.807) is 23.0 Å². The Kier molecular flexibility index (Phi) is 4.39. The average Bonchev–Trinajstić information content (AvgIpc) is 2.79. The van der Waals surface area contributed by atoms with Crippen LogP contribution >= 0.6 is 0 Å². The smallest absolute Gasteiger partial charge is 0.258 e. The van der Waals surface area contributed by atoms with Crippen molar-refractivity contribution in [3.05, 3.63) is 52.3 Å². The number of aromatic nitrogens is 2. The van der Waals surface area contributed by atoms with E-state index in [0.29, 0.717) is 5.69 Å². The monoisotopic (exact) mass is 233 g/mol. The van der Waals surface area contributed by atoms with E-state index in [1.807, 2.05) is 26.8 Å². The fraction of sp³-hybridized carbons (Fsp3) is 0.250. The van der Waals surface area contributed by atoms with Gasteiger partial charge in [-0.3, -0.25) is 10.1 Å². The van der Waals surface area contributed by atoms with Crippen molar-refractivity contribution in [2.24, 2.45) is 0 Å². The number of non-ortho nitro benzene ring substituents is 1. The molecule has 0 fully saturated rings. The van der Waals surface area contributed by atoms with E-state index in [0.717, 1.165) is 5.69 Å². The van der Waals surface area contributed by atoms with Gasteiger partial charge in [-0.2, -0.15) is 5.10 Å². The predicted molar refractivity (Wildman–Crippen MR) is 66.3 cm³/mol. The molecule has 0 aliphatic heterocycles. The zero-order valence-corrected chi connectivity index (χ0v) is 10.1. The maximum absolute atomic E-state index is 10.6. The number of nitro groups is 1. The first-order valence-corrected chi connectivity index (χ1v) is 5.44. The quantitative estimate of drug-likeness (QED) is 0.591. The van der Waals surface area contributed by atoms with Crippen LogP contribution in [0.1, 0.15) is 19.5 Å². The van der Waals surface area contributed by atoms with Crippen molar-refractivity contribution in [3.8, 4) is 5.69 Å². The highest BCUT2D eigenvalue weighted by molar-refractivity contribution is 5.42. The van der Waals surface area contributed by atoms with Gasteiger partial charge in [-0.05, 0) is 19.1 Å². The number of nitrogens with zero attached hydrogens (tertiary/aromatic N) is 3. The SMILES string of the molecule is CC.Cc1ccn(-c2cccc([N+](=O)[O-])c2)n1. The summed E-state index contributed by atoms with van der Waals surface area (Å²) >= 11 is 0. The highest BCUT2D eigenvalue weighted by Crippen LogP contribution is 2.15. The molecule has 90 valence electrons. The Morgan fingerprint density at radius 1 is 1.29 bits per heavy atom. The third-order valence-electron chi connectivity index (χ3n) is 2.03. The summed E-state index contributed by atoms with van der Waals surface area (Å²) < 4.78 is 1.61. The Bertz CT molecular complexity index is 506.